The maximum absolute atomic E-state index is 12.3. The number of rotatable bonds is 6. The van der Waals surface area contributed by atoms with Crippen LogP contribution in [0.15, 0.2) is 66.7 Å². The largest absolute Gasteiger partial charge is 0.423 e. The molecule has 10 nitrogen and oxygen atoms in total. The highest BCUT2D eigenvalue weighted by Gasteiger charge is 2.17. The summed E-state index contributed by atoms with van der Waals surface area (Å²) in [5, 5.41) is 21.7. The molecule has 0 aromatic heterocycles. The summed E-state index contributed by atoms with van der Waals surface area (Å²) in [5.41, 5.74) is -0.708. The molecular weight excluding hydrogens is 432 g/mol. The molecule has 0 aliphatic carbocycles. The SMILES string of the molecule is O=C(Oc1ccc(Cl)c(OC(=O)c2cccc([N+](=O)[O-])c2)c1)c1cccc([N+](=O)[O-])c1. The minimum Gasteiger partial charge on any atom is -0.423 e. The van der Waals surface area contributed by atoms with E-state index in [2.05, 4.69) is 0 Å². The van der Waals surface area contributed by atoms with Gasteiger partial charge in [-0.2, -0.15) is 0 Å². The molecule has 0 atom stereocenters. The van der Waals surface area contributed by atoms with E-state index in [0.29, 0.717) is 0 Å². The van der Waals surface area contributed by atoms with E-state index in [0.717, 1.165) is 12.1 Å². The first kappa shape index (κ1) is 21.4. The van der Waals surface area contributed by atoms with Crippen LogP contribution in [0.4, 0.5) is 11.4 Å². The predicted octanol–water partition coefficient (Wildman–Crippen LogP) is 4.59. The number of ether oxygens (including phenoxy) is 2. The van der Waals surface area contributed by atoms with E-state index in [4.69, 9.17) is 21.1 Å². The highest BCUT2D eigenvalue weighted by Crippen LogP contribution is 2.30. The van der Waals surface area contributed by atoms with Gasteiger partial charge >= 0.3 is 11.9 Å². The Labute approximate surface area is 178 Å². The maximum atomic E-state index is 12.3. The van der Waals surface area contributed by atoms with Crippen molar-refractivity contribution in [2.75, 3.05) is 0 Å². The monoisotopic (exact) mass is 442 g/mol. The number of esters is 2. The normalized spacial score (nSPS) is 10.2. The number of carbonyl (C=O) groups is 2. The molecule has 0 aliphatic rings. The fraction of sp³-hybridized carbons (Fsp3) is 0. The predicted molar refractivity (Wildman–Crippen MR) is 108 cm³/mol. The van der Waals surface area contributed by atoms with Crippen LogP contribution in [-0.2, 0) is 0 Å². The molecule has 0 saturated heterocycles. The molecule has 31 heavy (non-hydrogen) atoms. The van der Waals surface area contributed by atoms with Crippen molar-refractivity contribution in [2.45, 2.75) is 0 Å². The number of carbonyl (C=O) groups excluding carboxylic acids is 2. The maximum Gasteiger partial charge on any atom is 0.343 e. The van der Waals surface area contributed by atoms with Gasteiger partial charge in [-0.3, -0.25) is 20.2 Å². The van der Waals surface area contributed by atoms with Crippen LogP contribution < -0.4 is 9.47 Å². The highest BCUT2D eigenvalue weighted by molar-refractivity contribution is 6.32. The van der Waals surface area contributed by atoms with Gasteiger partial charge in [-0.25, -0.2) is 9.59 Å². The molecule has 0 spiro atoms. The molecule has 156 valence electrons. The Morgan fingerprint density at radius 1 is 0.742 bits per heavy atom. The zero-order valence-corrected chi connectivity index (χ0v) is 16.1. The third-order valence-corrected chi connectivity index (χ3v) is 4.21. The van der Waals surface area contributed by atoms with Crippen molar-refractivity contribution in [3.63, 3.8) is 0 Å². The molecule has 3 aromatic carbocycles. The molecule has 0 saturated carbocycles. The van der Waals surface area contributed by atoms with E-state index in [1.165, 1.54) is 54.6 Å². The second kappa shape index (κ2) is 9.01. The molecule has 0 N–H and O–H groups in total. The second-order valence-corrected chi connectivity index (χ2v) is 6.39. The Kier molecular flexibility index (Phi) is 6.22. The Hall–Kier alpha value is -4.31. The van der Waals surface area contributed by atoms with Crippen LogP contribution in [0.5, 0.6) is 11.5 Å². The van der Waals surface area contributed by atoms with Crippen molar-refractivity contribution in [3.8, 4) is 11.5 Å². The molecule has 3 rings (SSSR count). The van der Waals surface area contributed by atoms with Crippen molar-refractivity contribution in [1.29, 1.82) is 0 Å². The van der Waals surface area contributed by atoms with Crippen molar-refractivity contribution in [2.24, 2.45) is 0 Å². The Balaban J connectivity index is 1.79. The van der Waals surface area contributed by atoms with Gasteiger partial charge in [0, 0.05) is 30.3 Å². The molecule has 11 heteroatoms. The van der Waals surface area contributed by atoms with Gasteiger partial charge in [-0.1, -0.05) is 23.7 Å². The summed E-state index contributed by atoms with van der Waals surface area (Å²) in [6, 6.07) is 13.7. The number of non-ortho nitro benzene ring substituents is 2. The van der Waals surface area contributed by atoms with Crippen LogP contribution in [0.1, 0.15) is 20.7 Å². The lowest BCUT2D eigenvalue weighted by molar-refractivity contribution is -0.385. The molecule has 0 bridgehead atoms. The van der Waals surface area contributed by atoms with Crippen LogP contribution in [0.2, 0.25) is 5.02 Å². The Morgan fingerprint density at radius 3 is 1.77 bits per heavy atom. The molecule has 0 aliphatic heterocycles. The molecule has 0 radical (unpaired) electrons. The van der Waals surface area contributed by atoms with Gasteiger partial charge in [0.1, 0.15) is 5.75 Å². The van der Waals surface area contributed by atoms with Crippen molar-refractivity contribution in [1.82, 2.24) is 0 Å². The molecular formula is C20H11ClN2O8. The van der Waals surface area contributed by atoms with Crippen LogP contribution >= 0.6 is 11.6 Å². The lowest BCUT2D eigenvalue weighted by atomic mass is 10.2. The van der Waals surface area contributed by atoms with E-state index in [1.807, 2.05) is 0 Å². The summed E-state index contributed by atoms with van der Waals surface area (Å²) in [6.07, 6.45) is 0. The fourth-order valence-corrected chi connectivity index (χ4v) is 2.60. The van der Waals surface area contributed by atoms with Crippen LogP contribution in [0, 0.1) is 20.2 Å². The first-order valence-corrected chi connectivity index (χ1v) is 8.85. The standard InChI is InChI=1S/C20H11ClN2O8/c21-17-8-7-16(30-19(24)12-3-1-5-14(9-12)22(26)27)11-18(17)31-20(25)13-4-2-6-15(10-13)23(28)29/h1-11H. The first-order valence-electron chi connectivity index (χ1n) is 8.47. The van der Waals surface area contributed by atoms with Crippen molar-refractivity contribution in [3.05, 3.63) is 103 Å². The second-order valence-electron chi connectivity index (χ2n) is 5.99. The molecule has 0 fully saturated rings. The number of nitro groups is 2. The summed E-state index contributed by atoms with van der Waals surface area (Å²) < 4.78 is 10.3. The van der Waals surface area contributed by atoms with Crippen LogP contribution in [0.25, 0.3) is 0 Å². The van der Waals surface area contributed by atoms with Gasteiger partial charge in [-0.05, 0) is 24.3 Å². The van der Waals surface area contributed by atoms with Crippen LogP contribution in [0.3, 0.4) is 0 Å². The smallest absolute Gasteiger partial charge is 0.343 e. The number of hydrogen-bond acceptors (Lipinski definition) is 8. The van der Waals surface area contributed by atoms with Gasteiger partial charge < -0.3 is 9.47 Å². The lowest BCUT2D eigenvalue weighted by Gasteiger charge is -2.09. The minimum atomic E-state index is -0.909. The zero-order chi connectivity index (χ0) is 22.5. The number of halogens is 1. The van der Waals surface area contributed by atoms with E-state index in [-0.39, 0.29) is 39.0 Å². The summed E-state index contributed by atoms with van der Waals surface area (Å²) in [6.45, 7) is 0. The molecule has 3 aromatic rings. The quantitative estimate of drug-likeness (QED) is 0.233. The van der Waals surface area contributed by atoms with Gasteiger partial charge in [-0.15, -0.1) is 0 Å². The van der Waals surface area contributed by atoms with Gasteiger partial charge in [0.2, 0.25) is 0 Å². The Bertz CT molecular complexity index is 1210. The lowest BCUT2D eigenvalue weighted by Crippen LogP contribution is -2.11. The number of nitro benzene ring substituents is 2. The summed E-state index contributed by atoms with van der Waals surface area (Å²) in [5.74, 6) is -1.97. The summed E-state index contributed by atoms with van der Waals surface area (Å²) >= 11 is 6.02. The molecule has 0 heterocycles. The van der Waals surface area contributed by atoms with Crippen molar-refractivity contribution >= 4 is 34.9 Å². The third-order valence-electron chi connectivity index (χ3n) is 3.90. The van der Waals surface area contributed by atoms with Gasteiger partial charge in [0.05, 0.1) is 26.0 Å². The summed E-state index contributed by atoms with van der Waals surface area (Å²) in [7, 11) is 0. The summed E-state index contributed by atoms with van der Waals surface area (Å²) in [4.78, 5) is 45.0. The number of benzene rings is 3. The zero-order valence-electron chi connectivity index (χ0n) is 15.4. The average molecular weight is 443 g/mol. The van der Waals surface area contributed by atoms with Crippen molar-refractivity contribution < 1.29 is 28.9 Å². The van der Waals surface area contributed by atoms with E-state index in [1.54, 1.807) is 0 Å². The van der Waals surface area contributed by atoms with Crippen LogP contribution in [-0.4, -0.2) is 21.8 Å². The topological polar surface area (TPSA) is 139 Å². The Morgan fingerprint density at radius 2 is 1.26 bits per heavy atom. The minimum absolute atomic E-state index is 0.0222. The number of nitrogens with zero attached hydrogens (tertiary/aromatic N) is 2. The van der Waals surface area contributed by atoms with Gasteiger partial charge in [0.15, 0.2) is 5.75 Å². The first-order chi connectivity index (χ1) is 14.7. The highest BCUT2D eigenvalue weighted by atomic mass is 35.5. The van der Waals surface area contributed by atoms with E-state index in [9.17, 15) is 29.8 Å². The fourth-order valence-electron chi connectivity index (χ4n) is 2.44. The average Bonchev–Trinajstić information content (AvgIpc) is 2.76. The number of hydrogen-bond donors (Lipinski definition) is 0. The van der Waals surface area contributed by atoms with E-state index < -0.39 is 21.8 Å². The van der Waals surface area contributed by atoms with E-state index >= 15 is 0 Å². The molecule has 0 unspecified atom stereocenters. The molecule has 0 amide bonds. The van der Waals surface area contributed by atoms with Gasteiger partial charge in [0.25, 0.3) is 11.4 Å². The third kappa shape index (κ3) is 5.19.